The van der Waals surface area contributed by atoms with Crippen LogP contribution in [0.15, 0.2) is 0 Å². The van der Waals surface area contributed by atoms with Crippen molar-refractivity contribution in [2.24, 2.45) is 5.41 Å². The second-order valence-corrected chi connectivity index (χ2v) is 5.80. The van der Waals surface area contributed by atoms with Crippen LogP contribution in [-0.4, -0.2) is 24.4 Å². The standard InChI is InChI=1S/C13H24N2O2/c1-13(2,3)12(17)14-9-8-11(16)15-10-6-4-5-7-10/h10H,4-9H2,1-3H3,(H,14,17)(H,15,16). The molecule has 0 atom stereocenters. The fourth-order valence-electron chi connectivity index (χ4n) is 1.92. The molecular weight excluding hydrogens is 216 g/mol. The molecule has 0 aliphatic heterocycles. The molecule has 1 fully saturated rings. The summed E-state index contributed by atoms with van der Waals surface area (Å²) >= 11 is 0. The molecule has 0 heterocycles. The molecular formula is C13H24N2O2. The fourth-order valence-corrected chi connectivity index (χ4v) is 1.92. The van der Waals surface area contributed by atoms with Crippen molar-refractivity contribution in [2.75, 3.05) is 6.54 Å². The lowest BCUT2D eigenvalue weighted by Crippen LogP contribution is -2.39. The highest BCUT2D eigenvalue weighted by Gasteiger charge is 2.21. The average Bonchev–Trinajstić information content (AvgIpc) is 2.68. The van der Waals surface area contributed by atoms with E-state index in [-0.39, 0.29) is 17.2 Å². The third-order valence-corrected chi connectivity index (χ3v) is 3.04. The zero-order chi connectivity index (χ0) is 12.9. The summed E-state index contributed by atoms with van der Waals surface area (Å²) in [6, 6.07) is 0.362. The van der Waals surface area contributed by atoms with E-state index in [9.17, 15) is 9.59 Å². The van der Waals surface area contributed by atoms with Crippen molar-refractivity contribution in [3.05, 3.63) is 0 Å². The van der Waals surface area contributed by atoms with Crippen LogP contribution >= 0.6 is 0 Å². The Hall–Kier alpha value is -1.06. The van der Waals surface area contributed by atoms with Crippen molar-refractivity contribution in [2.45, 2.75) is 58.9 Å². The molecule has 0 aromatic carbocycles. The Morgan fingerprint density at radius 1 is 1.18 bits per heavy atom. The van der Waals surface area contributed by atoms with Crippen LogP contribution < -0.4 is 10.6 Å². The average molecular weight is 240 g/mol. The summed E-state index contributed by atoms with van der Waals surface area (Å²) in [6.45, 7) is 6.01. The number of nitrogens with one attached hydrogen (secondary N) is 2. The smallest absolute Gasteiger partial charge is 0.225 e. The van der Waals surface area contributed by atoms with Crippen LogP contribution in [0.1, 0.15) is 52.9 Å². The summed E-state index contributed by atoms with van der Waals surface area (Å²) in [7, 11) is 0. The summed E-state index contributed by atoms with van der Waals surface area (Å²) in [5.41, 5.74) is -0.387. The van der Waals surface area contributed by atoms with Gasteiger partial charge in [-0.15, -0.1) is 0 Å². The van der Waals surface area contributed by atoms with Crippen molar-refractivity contribution in [1.82, 2.24) is 10.6 Å². The Balaban J connectivity index is 2.13. The highest BCUT2D eigenvalue weighted by atomic mass is 16.2. The van der Waals surface area contributed by atoms with E-state index in [1.54, 1.807) is 0 Å². The van der Waals surface area contributed by atoms with Gasteiger partial charge in [0.15, 0.2) is 0 Å². The van der Waals surface area contributed by atoms with E-state index in [1.165, 1.54) is 12.8 Å². The van der Waals surface area contributed by atoms with Crippen molar-refractivity contribution in [3.63, 3.8) is 0 Å². The van der Waals surface area contributed by atoms with E-state index >= 15 is 0 Å². The lowest BCUT2D eigenvalue weighted by Gasteiger charge is -2.18. The quantitative estimate of drug-likeness (QED) is 0.784. The Kier molecular flexibility index (Phi) is 4.97. The highest BCUT2D eigenvalue weighted by Crippen LogP contribution is 2.17. The van der Waals surface area contributed by atoms with Gasteiger partial charge in [-0.3, -0.25) is 9.59 Å². The molecule has 4 nitrogen and oxygen atoms in total. The van der Waals surface area contributed by atoms with Crippen molar-refractivity contribution < 1.29 is 9.59 Å². The van der Waals surface area contributed by atoms with Crippen LogP contribution in [0.25, 0.3) is 0 Å². The van der Waals surface area contributed by atoms with Crippen LogP contribution in [0, 0.1) is 5.41 Å². The summed E-state index contributed by atoms with van der Waals surface area (Å²) < 4.78 is 0. The first-order valence-corrected chi connectivity index (χ1v) is 6.47. The third kappa shape index (κ3) is 5.20. The lowest BCUT2D eigenvalue weighted by molar-refractivity contribution is -0.128. The first kappa shape index (κ1) is 14.0. The second-order valence-electron chi connectivity index (χ2n) is 5.80. The molecule has 98 valence electrons. The first-order valence-electron chi connectivity index (χ1n) is 6.47. The van der Waals surface area contributed by atoms with Gasteiger partial charge in [-0.2, -0.15) is 0 Å². The number of hydrogen-bond acceptors (Lipinski definition) is 2. The molecule has 0 spiro atoms. The van der Waals surface area contributed by atoms with Gasteiger partial charge in [-0.05, 0) is 12.8 Å². The minimum Gasteiger partial charge on any atom is -0.355 e. The summed E-state index contributed by atoms with van der Waals surface area (Å²) in [5, 5.41) is 5.78. The number of amides is 2. The summed E-state index contributed by atoms with van der Waals surface area (Å²) in [4.78, 5) is 23.1. The molecule has 2 N–H and O–H groups in total. The number of carbonyl (C=O) groups is 2. The van der Waals surface area contributed by atoms with E-state index in [1.807, 2.05) is 20.8 Å². The van der Waals surface area contributed by atoms with Crippen LogP contribution in [0.5, 0.6) is 0 Å². The maximum atomic E-state index is 11.6. The van der Waals surface area contributed by atoms with E-state index in [0.717, 1.165) is 12.8 Å². The molecule has 2 amide bonds. The van der Waals surface area contributed by atoms with Crippen LogP contribution in [0.2, 0.25) is 0 Å². The maximum absolute atomic E-state index is 11.6. The largest absolute Gasteiger partial charge is 0.355 e. The van der Waals surface area contributed by atoms with Crippen molar-refractivity contribution in [3.8, 4) is 0 Å². The van der Waals surface area contributed by atoms with E-state index < -0.39 is 0 Å². The van der Waals surface area contributed by atoms with Gasteiger partial charge in [0.1, 0.15) is 0 Å². The zero-order valence-electron chi connectivity index (χ0n) is 11.1. The molecule has 1 rings (SSSR count). The third-order valence-electron chi connectivity index (χ3n) is 3.04. The number of carbonyl (C=O) groups excluding carboxylic acids is 2. The molecule has 0 radical (unpaired) electrons. The second kappa shape index (κ2) is 6.03. The van der Waals surface area contributed by atoms with Gasteiger partial charge in [0, 0.05) is 24.4 Å². The molecule has 0 aromatic rings. The van der Waals surface area contributed by atoms with Gasteiger partial charge in [0.25, 0.3) is 0 Å². The molecule has 1 aliphatic rings. The van der Waals surface area contributed by atoms with Crippen LogP contribution in [-0.2, 0) is 9.59 Å². The minimum atomic E-state index is -0.387. The SMILES string of the molecule is CC(C)(C)C(=O)NCCC(=O)NC1CCCC1. The Bertz CT molecular complexity index is 276. The first-order chi connectivity index (χ1) is 7.89. The molecule has 0 aromatic heterocycles. The fraction of sp³-hybridized carbons (Fsp3) is 0.846. The van der Waals surface area contributed by atoms with Gasteiger partial charge >= 0.3 is 0 Å². The van der Waals surface area contributed by atoms with E-state index in [4.69, 9.17) is 0 Å². The Morgan fingerprint density at radius 2 is 1.76 bits per heavy atom. The molecule has 1 aliphatic carbocycles. The molecule has 0 unspecified atom stereocenters. The predicted octanol–water partition coefficient (Wildman–Crippen LogP) is 1.60. The number of hydrogen-bond donors (Lipinski definition) is 2. The Labute approximate surface area is 104 Å². The summed E-state index contributed by atoms with van der Waals surface area (Å²) in [5.74, 6) is 0.0391. The van der Waals surface area contributed by atoms with Gasteiger partial charge < -0.3 is 10.6 Å². The van der Waals surface area contributed by atoms with Gasteiger partial charge in [-0.25, -0.2) is 0 Å². The minimum absolute atomic E-state index is 0.00818. The van der Waals surface area contributed by atoms with E-state index in [0.29, 0.717) is 19.0 Å². The molecule has 0 bridgehead atoms. The lowest BCUT2D eigenvalue weighted by atomic mass is 9.96. The van der Waals surface area contributed by atoms with E-state index in [2.05, 4.69) is 10.6 Å². The molecule has 17 heavy (non-hydrogen) atoms. The Morgan fingerprint density at radius 3 is 2.29 bits per heavy atom. The molecule has 4 heteroatoms. The van der Waals surface area contributed by atoms with Crippen LogP contribution in [0.4, 0.5) is 0 Å². The van der Waals surface area contributed by atoms with Crippen molar-refractivity contribution >= 4 is 11.8 Å². The highest BCUT2D eigenvalue weighted by molar-refractivity contribution is 5.82. The van der Waals surface area contributed by atoms with Gasteiger partial charge in [0.2, 0.25) is 11.8 Å². The van der Waals surface area contributed by atoms with Crippen LogP contribution in [0.3, 0.4) is 0 Å². The maximum Gasteiger partial charge on any atom is 0.225 e. The van der Waals surface area contributed by atoms with Gasteiger partial charge in [-0.1, -0.05) is 33.6 Å². The van der Waals surface area contributed by atoms with Crippen molar-refractivity contribution in [1.29, 1.82) is 0 Å². The van der Waals surface area contributed by atoms with Gasteiger partial charge in [0.05, 0.1) is 0 Å². The normalized spacial score (nSPS) is 16.9. The molecule has 0 saturated heterocycles. The zero-order valence-corrected chi connectivity index (χ0v) is 11.1. The monoisotopic (exact) mass is 240 g/mol. The molecule has 1 saturated carbocycles. The number of rotatable bonds is 4. The summed E-state index contributed by atoms with van der Waals surface area (Å²) in [6.07, 6.45) is 5.00. The predicted molar refractivity (Wildman–Crippen MR) is 67.5 cm³/mol. The topological polar surface area (TPSA) is 58.2 Å².